The van der Waals surface area contributed by atoms with Crippen LogP contribution in [0.1, 0.15) is 25.5 Å². The van der Waals surface area contributed by atoms with Crippen molar-refractivity contribution in [2.75, 3.05) is 16.4 Å². The molecule has 1 aromatic carbocycles. The Morgan fingerprint density at radius 2 is 2.04 bits per heavy atom. The molecule has 0 aliphatic carbocycles. The van der Waals surface area contributed by atoms with Crippen molar-refractivity contribution in [3.63, 3.8) is 0 Å². The number of nitrogens with one attached hydrogen (secondary N) is 2. The molecule has 0 saturated carbocycles. The summed E-state index contributed by atoms with van der Waals surface area (Å²) in [6.45, 7) is 3.72. The second-order valence-electron chi connectivity index (χ2n) is 4.99. The molecule has 7 heteroatoms. The number of amides is 2. The second kappa shape index (κ2) is 8.38. The highest BCUT2D eigenvalue weighted by Gasteiger charge is 2.08. The molecule has 23 heavy (non-hydrogen) atoms. The summed E-state index contributed by atoms with van der Waals surface area (Å²) in [7, 11) is 0. The first-order valence-corrected chi connectivity index (χ1v) is 8.31. The number of anilines is 2. The van der Waals surface area contributed by atoms with E-state index >= 15 is 0 Å². The average Bonchev–Trinajstić information content (AvgIpc) is 2.91. The van der Waals surface area contributed by atoms with Crippen LogP contribution in [0, 0.1) is 6.92 Å². The first-order valence-electron chi connectivity index (χ1n) is 7.32. The van der Waals surface area contributed by atoms with Crippen molar-refractivity contribution < 1.29 is 14.1 Å². The Labute approximate surface area is 139 Å². The number of rotatable bonds is 7. The third kappa shape index (κ3) is 5.78. The lowest BCUT2D eigenvalue weighted by Crippen LogP contribution is -2.14. The molecule has 1 heterocycles. The van der Waals surface area contributed by atoms with Gasteiger partial charge in [-0.2, -0.15) is 0 Å². The highest BCUT2D eigenvalue weighted by atomic mass is 32.2. The molecule has 0 aliphatic heterocycles. The monoisotopic (exact) mass is 333 g/mol. The standard InChI is InChI=1S/C16H19N3O3S/c1-3-5-15(20)17-12-6-4-7-13(9-12)23-10-16(21)18-14-8-11(2)22-19-14/h4,6-9H,3,5,10H2,1-2H3,(H,17,20)(H,18,19,21). The van der Waals surface area contributed by atoms with Crippen LogP contribution in [0.15, 0.2) is 39.8 Å². The summed E-state index contributed by atoms with van der Waals surface area (Å²) in [5, 5.41) is 9.21. The van der Waals surface area contributed by atoms with Crippen molar-refractivity contribution in [2.45, 2.75) is 31.6 Å². The smallest absolute Gasteiger partial charge is 0.235 e. The molecule has 2 N–H and O–H groups in total. The van der Waals surface area contributed by atoms with Crippen LogP contribution in [-0.4, -0.2) is 22.7 Å². The lowest BCUT2D eigenvalue weighted by atomic mass is 10.3. The van der Waals surface area contributed by atoms with Crippen LogP contribution in [0.5, 0.6) is 0 Å². The molecule has 2 aromatic rings. The minimum Gasteiger partial charge on any atom is -0.360 e. The van der Waals surface area contributed by atoms with E-state index in [1.54, 1.807) is 13.0 Å². The zero-order valence-electron chi connectivity index (χ0n) is 13.1. The number of thioether (sulfide) groups is 1. The summed E-state index contributed by atoms with van der Waals surface area (Å²) in [5.74, 6) is 1.13. The molecular formula is C16H19N3O3S. The summed E-state index contributed by atoms with van der Waals surface area (Å²) < 4.78 is 4.89. The number of aryl methyl sites for hydroxylation is 1. The van der Waals surface area contributed by atoms with Gasteiger partial charge in [-0.05, 0) is 31.5 Å². The fraction of sp³-hybridized carbons (Fsp3) is 0.312. The molecule has 0 atom stereocenters. The first kappa shape index (κ1) is 17.1. The van der Waals surface area contributed by atoms with Gasteiger partial charge in [0.25, 0.3) is 0 Å². The minimum atomic E-state index is -0.163. The molecule has 0 bridgehead atoms. The average molecular weight is 333 g/mol. The van der Waals surface area contributed by atoms with E-state index in [1.165, 1.54) is 11.8 Å². The molecule has 0 unspecified atom stereocenters. The summed E-state index contributed by atoms with van der Waals surface area (Å²) in [6, 6.07) is 9.09. The Bertz CT molecular complexity index is 685. The van der Waals surface area contributed by atoms with E-state index in [-0.39, 0.29) is 17.6 Å². The van der Waals surface area contributed by atoms with Crippen LogP contribution in [0.4, 0.5) is 11.5 Å². The van der Waals surface area contributed by atoms with Crippen molar-refractivity contribution in [1.29, 1.82) is 0 Å². The van der Waals surface area contributed by atoms with Gasteiger partial charge in [0.15, 0.2) is 5.82 Å². The van der Waals surface area contributed by atoms with Gasteiger partial charge in [-0.25, -0.2) is 0 Å². The molecule has 1 aromatic heterocycles. The zero-order chi connectivity index (χ0) is 16.7. The Kier molecular flexibility index (Phi) is 6.22. The van der Waals surface area contributed by atoms with Gasteiger partial charge in [-0.1, -0.05) is 18.1 Å². The highest BCUT2D eigenvalue weighted by molar-refractivity contribution is 8.00. The number of carbonyl (C=O) groups is 2. The first-order chi connectivity index (χ1) is 11.1. The maximum Gasteiger partial charge on any atom is 0.235 e. The zero-order valence-corrected chi connectivity index (χ0v) is 13.9. The number of aromatic nitrogens is 1. The van der Waals surface area contributed by atoms with Gasteiger partial charge in [-0.15, -0.1) is 11.8 Å². The maximum atomic E-state index is 11.9. The van der Waals surface area contributed by atoms with Gasteiger partial charge in [-0.3, -0.25) is 9.59 Å². The molecule has 0 fully saturated rings. The van der Waals surface area contributed by atoms with Gasteiger partial charge >= 0.3 is 0 Å². The summed E-state index contributed by atoms with van der Waals surface area (Å²) in [4.78, 5) is 24.4. The number of benzene rings is 1. The fourth-order valence-electron chi connectivity index (χ4n) is 1.87. The summed E-state index contributed by atoms with van der Waals surface area (Å²) in [5.41, 5.74) is 0.737. The SMILES string of the molecule is CCCC(=O)Nc1cccc(SCC(=O)Nc2cc(C)on2)c1. The molecule has 2 amide bonds. The van der Waals surface area contributed by atoms with E-state index in [0.717, 1.165) is 17.0 Å². The molecule has 122 valence electrons. The van der Waals surface area contributed by atoms with Gasteiger partial charge in [0.2, 0.25) is 11.8 Å². The Balaban J connectivity index is 1.85. The largest absolute Gasteiger partial charge is 0.360 e. The Hall–Kier alpha value is -2.28. The number of nitrogens with zero attached hydrogens (tertiary/aromatic N) is 1. The Morgan fingerprint density at radius 3 is 2.74 bits per heavy atom. The fourth-order valence-corrected chi connectivity index (χ4v) is 2.62. The van der Waals surface area contributed by atoms with Crippen LogP contribution in [-0.2, 0) is 9.59 Å². The van der Waals surface area contributed by atoms with Crippen molar-refractivity contribution in [1.82, 2.24) is 5.16 Å². The van der Waals surface area contributed by atoms with E-state index in [4.69, 9.17) is 4.52 Å². The lowest BCUT2D eigenvalue weighted by Gasteiger charge is -2.07. The van der Waals surface area contributed by atoms with Crippen LogP contribution >= 0.6 is 11.8 Å². The van der Waals surface area contributed by atoms with E-state index in [1.807, 2.05) is 31.2 Å². The van der Waals surface area contributed by atoms with Crippen molar-refractivity contribution in [3.05, 3.63) is 36.1 Å². The summed E-state index contributed by atoms with van der Waals surface area (Å²) >= 11 is 1.39. The van der Waals surface area contributed by atoms with Crippen LogP contribution in [0.3, 0.4) is 0 Å². The number of hydrogen-bond donors (Lipinski definition) is 2. The number of carbonyl (C=O) groups excluding carboxylic acids is 2. The third-order valence-electron chi connectivity index (χ3n) is 2.86. The third-order valence-corrected chi connectivity index (χ3v) is 3.85. The van der Waals surface area contributed by atoms with Gasteiger partial charge in [0.05, 0.1) is 5.75 Å². The second-order valence-corrected chi connectivity index (χ2v) is 6.03. The van der Waals surface area contributed by atoms with Crippen LogP contribution in [0.2, 0.25) is 0 Å². The highest BCUT2D eigenvalue weighted by Crippen LogP contribution is 2.22. The van der Waals surface area contributed by atoms with Gasteiger partial charge < -0.3 is 15.2 Å². The maximum absolute atomic E-state index is 11.9. The molecule has 0 spiro atoms. The Morgan fingerprint density at radius 1 is 1.22 bits per heavy atom. The molecule has 0 aliphatic rings. The van der Waals surface area contributed by atoms with E-state index in [0.29, 0.717) is 18.0 Å². The normalized spacial score (nSPS) is 10.3. The van der Waals surface area contributed by atoms with Gasteiger partial charge in [0.1, 0.15) is 5.76 Å². The summed E-state index contributed by atoms with van der Waals surface area (Å²) in [6.07, 6.45) is 1.30. The molecular weight excluding hydrogens is 314 g/mol. The minimum absolute atomic E-state index is 0.00575. The van der Waals surface area contributed by atoms with Crippen molar-refractivity contribution >= 4 is 35.1 Å². The molecule has 6 nitrogen and oxygen atoms in total. The lowest BCUT2D eigenvalue weighted by molar-refractivity contribution is -0.116. The molecule has 0 radical (unpaired) electrons. The predicted octanol–water partition coefficient (Wildman–Crippen LogP) is 3.45. The van der Waals surface area contributed by atoms with Crippen molar-refractivity contribution in [2.24, 2.45) is 0 Å². The van der Waals surface area contributed by atoms with Gasteiger partial charge in [0, 0.05) is 23.1 Å². The predicted molar refractivity (Wildman–Crippen MR) is 90.6 cm³/mol. The van der Waals surface area contributed by atoms with E-state index in [9.17, 15) is 9.59 Å². The number of hydrogen-bond acceptors (Lipinski definition) is 5. The van der Waals surface area contributed by atoms with Crippen molar-refractivity contribution in [3.8, 4) is 0 Å². The molecule has 0 saturated heterocycles. The van der Waals surface area contributed by atoms with E-state index < -0.39 is 0 Å². The van der Waals surface area contributed by atoms with Crippen LogP contribution < -0.4 is 10.6 Å². The quantitative estimate of drug-likeness (QED) is 0.758. The topological polar surface area (TPSA) is 84.2 Å². The molecule has 2 rings (SSSR count). The van der Waals surface area contributed by atoms with E-state index in [2.05, 4.69) is 15.8 Å². The van der Waals surface area contributed by atoms with Crippen LogP contribution in [0.25, 0.3) is 0 Å².